The second-order valence-electron chi connectivity index (χ2n) is 8.40. The molecule has 3 atom stereocenters. The van der Waals surface area contributed by atoms with Gasteiger partial charge in [-0.05, 0) is 62.1 Å². The zero-order valence-corrected chi connectivity index (χ0v) is 18.9. The number of phosphoric ester groups is 1. The Morgan fingerprint density at radius 2 is 1.91 bits per heavy atom. The monoisotopic (exact) mass is 499 g/mol. The van der Waals surface area contributed by atoms with Gasteiger partial charge < -0.3 is 25.4 Å². The van der Waals surface area contributed by atoms with Gasteiger partial charge in [-0.3, -0.25) is 4.52 Å². The highest BCUT2D eigenvalue weighted by atomic mass is 31.2. The first-order valence-electron chi connectivity index (χ1n) is 10.6. The Morgan fingerprint density at radius 1 is 1.21 bits per heavy atom. The molecule has 0 bridgehead atoms. The van der Waals surface area contributed by atoms with Crippen LogP contribution in [-0.2, 0) is 20.2 Å². The Bertz CT molecular complexity index is 846. The van der Waals surface area contributed by atoms with Gasteiger partial charge in [-0.25, -0.2) is 8.96 Å². The van der Waals surface area contributed by atoms with Crippen molar-refractivity contribution >= 4 is 7.82 Å². The molecular formula is C21H30F4NO6P. The fraction of sp³-hybridized carbons (Fsp3) is 0.619. The number of allylic oxidation sites excluding steroid dienone is 2. The molecule has 0 aliphatic heterocycles. The lowest BCUT2D eigenvalue weighted by Crippen LogP contribution is -2.48. The molecule has 12 heteroatoms. The summed E-state index contributed by atoms with van der Waals surface area (Å²) in [5.41, 5.74) is 4.89. The highest BCUT2D eigenvalue weighted by molar-refractivity contribution is 7.46. The number of nitrogens with two attached hydrogens (primary N) is 1. The van der Waals surface area contributed by atoms with Crippen molar-refractivity contribution in [3.05, 3.63) is 47.5 Å². The molecule has 0 amide bonds. The largest absolute Gasteiger partial charge is 0.498 e. The van der Waals surface area contributed by atoms with E-state index in [-0.39, 0.29) is 37.4 Å². The van der Waals surface area contributed by atoms with Crippen LogP contribution in [0.2, 0.25) is 0 Å². The molecule has 0 heterocycles. The molecule has 188 valence electrons. The summed E-state index contributed by atoms with van der Waals surface area (Å²) in [6.45, 7) is -1.25. The first-order valence-corrected chi connectivity index (χ1v) is 12.1. The lowest BCUT2D eigenvalue weighted by molar-refractivity contribution is -0.180. The fourth-order valence-corrected chi connectivity index (χ4v) is 4.14. The van der Waals surface area contributed by atoms with Gasteiger partial charge in [-0.1, -0.05) is 18.2 Å². The van der Waals surface area contributed by atoms with Crippen LogP contribution in [-0.4, -0.2) is 46.4 Å². The molecule has 5 N–H and O–H groups in total. The predicted molar refractivity (Wildman–Crippen MR) is 112 cm³/mol. The summed E-state index contributed by atoms with van der Waals surface area (Å²) < 4.78 is 75.2. The molecule has 0 spiro atoms. The lowest BCUT2D eigenvalue weighted by atomic mass is 9.80. The van der Waals surface area contributed by atoms with Crippen LogP contribution in [0.25, 0.3) is 0 Å². The van der Waals surface area contributed by atoms with Crippen molar-refractivity contribution in [1.29, 1.82) is 0 Å². The number of aliphatic hydroxyl groups is 1. The van der Waals surface area contributed by atoms with Crippen LogP contribution < -0.4 is 5.73 Å². The molecule has 2 rings (SSSR count). The van der Waals surface area contributed by atoms with E-state index >= 15 is 0 Å². The third-order valence-corrected chi connectivity index (χ3v) is 6.13. The highest BCUT2D eigenvalue weighted by Gasteiger charge is 2.46. The van der Waals surface area contributed by atoms with Crippen molar-refractivity contribution in [2.75, 3.05) is 19.8 Å². The Hall–Kier alpha value is -1.49. The standard InChI is InChI=1S/C21H30F4NO6P/c22-18-6-2-1-4-16(18)5-3-11-31-19-8-7-15(12-17(19)21(23,24)25)9-10-20(26,13-27)14-32-33(28,29)30/h1-2,4,6,8,15,17,27H,3,5,7,9-14,26H2,(H2,28,29,30). The number of rotatable bonds is 12. The molecule has 0 saturated heterocycles. The summed E-state index contributed by atoms with van der Waals surface area (Å²) >= 11 is 0. The number of aliphatic hydroxyl groups excluding tert-OH is 1. The molecule has 0 saturated carbocycles. The number of halogens is 4. The maximum Gasteiger partial charge on any atom is 0.469 e. The number of hydrogen-bond donors (Lipinski definition) is 4. The van der Waals surface area contributed by atoms with Crippen LogP contribution in [0.1, 0.15) is 37.7 Å². The van der Waals surface area contributed by atoms with E-state index in [0.29, 0.717) is 24.8 Å². The van der Waals surface area contributed by atoms with Crippen molar-refractivity contribution < 1.29 is 46.3 Å². The average Bonchev–Trinajstić information content (AvgIpc) is 2.74. The van der Waals surface area contributed by atoms with Gasteiger partial charge in [0, 0.05) is 0 Å². The van der Waals surface area contributed by atoms with Gasteiger partial charge in [0.2, 0.25) is 0 Å². The van der Waals surface area contributed by atoms with Gasteiger partial charge in [0.05, 0.1) is 25.4 Å². The van der Waals surface area contributed by atoms with Crippen molar-refractivity contribution in [2.45, 2.75) is 50.2 Å². The quantitative estimate of drug-likeness (QED) is 0.196. The molecule has 0 fully saturated rings. The summed E-state index contributed by atoms with van der Waals surface area (Å²) in [5, 5.41) is 9.46. The number of alkyl halides is 3. The van der Waals surface area contributed by atoms with E-state index in [0.717, 1.165) is 0 Å². The van der Waals surface area contributed by atoms with Crippen LogP contribution in [0.4, 0.5) is 17.6 Å². The summed E-state index contributed by atoms with van der Waals surface area (Å²) in [4.78, 5) is 17.6. The maximum absolute atomic E-state index is 13.6. The molecule has 1 aliphatic rings. The Morgan fingerprint density at radius 3 is 2.52 bits per heavy atom. The van der Waals surface area contributed by atoms with E-state index in [1.165, 1.54) is 12.1 Å². The number of ether oxygens (including phenoxy) is 1. The minimum atomic E-state index is -4.79. The van der Waals surface area contributed by atoms with E-state index < -0.39 is 44.6 Å². The second-order valence-corrected chi connectivity index (χ2v) is 9.64. The molecule has 3 unspecified atom stereocenters. The summed E-state index contributed by atoms with van der Waals surface area (Å²) in [6, 6.07) is 6.19. The average molecular weight is 499 g/mol. The van der Waals surface area contributed by atoms with Gasteiger partial charge in [0.25, 0.3) is 0 Å². The van der Waals surface area contributed by atoms with Crippen LogP contribution in [0.3, 0.4) is 0 Å². The van der Waals surface area contributed by atoms with E-state index in [9.17, 15) is 27.2 Å². The minimum absolute atomic E-state index is 0.0193. The number of phosphoric acid groups is 1. The van der Waals surface area contributed by atoms with Crippen molar-refractivity contribution in [1.82, 2.24) is 0 Å². The predicted octanol–water partition coefficient (Wildman–Crippen LogP) is 3.83. The number of benzene rings is 1. The lowest BCUT2D eigenvalue weighted by Gasteiger charge is -2.33. The van der Waals surface area contributed by atoms with E-state index in [1.807, 2.05) is 0 Å². The number of hydrogen-bond acceptors (Lipinski definition) is 5. The maximum atomic E-state index is 13.6. The minimum Gasteiger partial charge on any atom is -0.498 e. The second kappa shape index (κ2) is 11.8. The van der Waals surface area contributed by atoms with Gasteiger partial charge in [-0.2, -0.15) is 13.2 Å². The Labute approximate surface area is 189 Å². The highest BCUT2D eigenvalue weighted by Crippen LogP contribution is 2.43. The normalized spacial score (nSPS) is 21.4. The van der Waals surface area contributed by atoms with Gasteiger partial charge in [0.1, 0.15) is 17.5 Å². The van der Waals surface area contributed by atoms with Gasteiger partial charge in [0.15, 0.2) is 0 Å². The number of aryl methyl sites for hydroxylation is 1. The first kappa shape index (κ1) is 27.8. The third kappa shape index (κ3) is 9.35. The van der Waals surface area contributed by atoms with Gasteiger partial charge >= 0.3 is 14.0 Å². The molecule has 1 aromatic rings. The third-order valence-electron chi connectivity index (χ3n) is 5.66. The van der Waals surface area contributed by atoms with Crippen LogP contribution in [0, 0.1) is 17.7 Å². The first-order chi connectivity index (χ1) is 15.3. The SMILES string of the molecule is NC(CO)(CCC1CC=C(OCCCc2ccccc2F)C(C(F)(F)F)C1)COP(=O)(O)O. The molecule has 1 aromatic carbocycles. The molecule has 33 heavy (non-hydrogen) atoms. The molecule has 1 aliphatic carbocycles. The van der Waals surface area contributed by atoms with Crippen LogP contribution in [0.5, 0.6) is 0 Å². The summed E-state index contributed by atoms with van der Waals surface area (Å²) in [5.74, 6) is -2.72. The molecule has 0 radical (unpaired) electrons. The summed E-state index contributed by atoms with van der Waals surface area (Å²) in [7, 11) is -4.79. The van der Waals surface area contributed by atoms with Gasteiger partial charge in [-0.15, -0.1) is 0 Å². The van der Waals surface area contributed by atoms with E-state index in [2.05, 4.69) is 4.52 Å². The molecule has 7 nitrogen and oxygen atoms in total. The van der Waals surface area contributed by atoms with Crippen molar-refractivity contribution in [3.63, 3.8) is 0 Å². The smallest absolute Gasteiger partial charge is 0.469 e. The van der Waals surface area contributed by atoms with Crippen LogP contribution >= 0.6 is 7.82 Å². The summed E-state index contributed by atoms with van der Waals surface area (Å²) in [6.07, 6.45) is -2.13. The van der Waals surface area contributed by atoms with E-state index in [4.69, 9.17) is 20.3 Å². The van der Waals surface area contributed by atoms with Crippen LogP contribution in [0.15, 0.2) is 36.1 Å². The Kier molecular flexibility index (Phi) is 9.90. The zero-order valence-electron chi connectivity index (χ0n) is 18.0. The zero-order chi connectivity index (χ0) is 24.7. The fourth-order valence-electron chi connectivity index (χ4n) is 3.72. The van der Waals surface area contributed by atoms with E-state index in [1.54, 1.807) is 18.2 Å². The Balaban J connectivity index is 1.91. The van der Waals surface area contributed by atoms with Crippen molar-refractivity contribution in [2.24, 2.45) is 17.6 Å². The topological polar surface area (TPSA) is 122 Å². The van der Waals surface area contributed by atoms with Crippen molar-refractivity contribution in [3.8, 4) is 0 Å². The molecule has 0 aromatic heterocycles. The molecular weight excluding hydrogens is 469 g/mol.